The third-order valence-corrected chi connectivity index (χ3v) is 6.73. The number of hydrogen-bond acceptors (Lipinski definition) is 2. The fourth-order valence-corrected chi connectivity index (χ4v) is 4.99. The molecule has 2 aliphatic rings. The Balaban J connectivity index is 1.43. The second-order valence-corrected chi connectivity index (χ2v) is 9.57. The van der Waals surface area contributed by atoms with Gasteiger partial charge in [-0.15, -0.1) is 0 Å². The number of likely N-dealkylation sites (tertiary alicyclic amines) is 1. The van der Waals surface area contributed by atoms with E-state index in [4.69, 9.17) is 0 Å². The standard InChI is InChI=1S/C27H34N2O2/c1-20(2)16-26(30)29-19-24-11-7-6-10-23(24)18-25(29)27(31)28-14-12-22(13-15-28)17-21-8-4-3-5-9-21/h3-11,20,22,25H,12-19H2,1-2H3. The number of carbonyl (C=O) groups excluding carboxylic acids is 2. The van der Waals surface area contributed by atoms with Crippen LogP contribution in [0.3, 0.4) is 0 Å². The summed E-state index contributed by atoms with van der Waals surface area (Å²) < 4.78 is 0. The molecule has 1 saturated heterocycles. The molecule has 0 N–H and O–H groups in total. The Hall–Kier alpha value is -2.62. The highest BCUT2D eigenvalue weighted by Gasteiger charge is 2.37. The lowest BCUT2D eigenvalue weighted by atomic mass is 9.88. The Morgan fingerprint density at radius 1 is 0.935 bits per heavy atom. The second kappa shape index (κ2) is 9.67. The third-order valence-electron chi connectivity index (χ3n) is 6.73. The first-order valence-electron chi connectivity index (χ1n) is 11.7. The molecular formula is C27H34N2O2. The van der Waals surface area contributed by atoms with Gasteiger partial charge in [-0.05, 0) is 47.8 Å². The number of benzene rings is 2. The first-order valence-corrected chi connectivity index (χ1v) is 11.7. The van der Waals surface area contributed by atoms with Crippen LogP contribution in [-0.2, 0) is 29.0 Å². The maximum Gasteiger partial charge on any atom is 0.245 e. The fraction of sp³-hybridized carbons (Fsp3) is 0.481. The highest BCUT2D eigenvalue weighted by Crippen LogP contribution is 2.28. The number of rotatable bonds is 5. The first kappa shape index (κ1) is 21.6. The van der Waals surface area contributed by atoms with Gasteiger partial charge in [0, 0.05) is 32.5 Å². The van der Waals surface area contributed by atoms with Gasteiger partial charge < -0.3 is 9.80 Å². The summed E-state index contributed by atoms with van der Waals surface area (Å²) in [5.41, 5.74) is 3.75. The van der Waals surface area contributed by atoms with Gasteiger partial charge >= 0.3 is 0 Å². The number of fused-ring (bicyclic) bond motifs is 1. The van der Waals surface area contributed by atoms with Gasteiger partial charge in [-0.3, -0.25) is 9.59 Å². The van der Waals surface area contributed by atoms with E-state index < -0.39 is 0 Å². The molecule has 164 valence electrons. The molecule has 31 heavy (non-hydrogen) atoms. The van der Waals surface area contributed by atoms with E-state index in [1.54, 1.807) is 0 Å². The van der Waals surface area contributed by atoms with Crippen LogP contribution in [0, 0.1) is 11.8 Å². The summed E-state index contributed by atoms with van der Waals surface area (Å²) in [7, 11) is 0. The van der Waals surface area contributed by atoms with Crippen LogP contribution in [0.2, 0.25) is 0 Å². The highest BCUT2D eigenvalue weighted by atomic mass is 16.2. The average molecular weight is 419 g/mol. The predicted octanol–water partition coefficient (Wildman–Crippen LogP) is 4.47. The van der Waals surface area contributed by atoms with Crippen LogP contribution in [0.5, 0.6) is 0 Å². The van der Waals surface area contributed by atoms with Gasteiger partial charge in [-0.1, -0.05) is 68.4 Å². The van der Waals surface area contributed by atoms with E-state index in [-0.39, 0.29) is 23.8 Å². The Bertz CT molecular complexity index is 900. The van der Waals surface area contributed by atoms with Crippen LogP contribution in [0.4, 0.5) is 0 Å². The van der Waals surface area contributed by atoms with Crippen LogP contribution in [-0.4, -0.2) is 40.7 Å². The van der Waals surface area contributed by atoms with E-state index in [1.807, 2.05) is 21.9 Å². The van der Waals surface area contributed by atoms with E-state index in [0.717, 1.165) is 32.4 Å². The van der Waals surface area contributed by atoms with Crippen LogP contribution in [0.15, 0.2) is 54.6 Å². The number of carbonyl (C=O) groups is 2. The molecule has 2 heterocycles. The molecule has 0 radical (unpaired) electrons. The Labute approximate surface area is 186 Å². The largest absolute Gasteiger partial charge is 0.341 e. The number of nitrogens with zero attached hydrogens (tertiary/aromatic N) is 2. The summed E-state index contributed by atoms with van der Waals surface area (Å²) in [4.78, 5) is 30.4. The number of piperidine rings is 1. The molecule has 2 aliphatic heterocycles. The number of amides is 2. The highest BCUT2D eigenvalue weighted by molar-refractivity contribution is 5.88. The molecule has 0 bridgehead atoms. The molecule has 1 unspecified atom stereocenters. The summed E-state index contributed by atoms with van der Waals surface area (Å²) in [6.07, 6.45) is 4.26. The van der Waals surface area contributed by atoms with Gasteiger partial charge in [0.2, 0.25) is 11.8 Å². The summed E-state index contributed by atoms with van der Waals surface area (Å²) in [5.74, 6) is 1.14. The third kappa shape index (κ3) is 5.17. The summed E-state index contributed by atoms with van der Waals surface area (Å²) in [6.45, 7) is 6.25. The van der Waals surface area contributed by atoms with Crippen molar-refractivity contribution < 1.29 is 9.59 Å². The molecule has 4 rings (SSSR count). The average Bonchev–Trinajstić information content (AvgIpc) is 2.78. The van der Waals surface area contributed by atoms with Crippen molar-refractivity contribution in [2.45, 2.75) is 58.5 Å². The molecule has 2 aromatic carbocycles. The Morgan fingerprint density at radius 3 is 2.26 bits per heavy atom. The van der Waals surface area contributed by atoms with Gasteiger partial charge in [-0.25, -0.2) is 0 Å². The molecule has 0 aromatic heterocycles. The van der Waals surface area contributed by atoms with Crippen LogP contribution < -0.4 is 0 Å². The lowest BCUT2D eigenvalue weighted by molar-refractivity contribution is -0.148. The molecule has 0 spiro atoms. The van der Waals surface area contributed by atoms with Crippen molar-refractivity contribution in [1.82, 2.24) is 9.80 Å². The molecule has 4 heteroatoms. The van der Waals surface area contributed by atoms with Crippen molar-refractivity contribution in [3.8, 4) is 0 Å². The van der Waals surface area contributed by atoms with E-state index in [2.05, 4.69) is 56.3 Å². The first-order chi connectivity index (χ1) is 15.0. The predicted molar refractivity (Wildman–Crippen MR) is 123 cm³/mol. The fourth-order valence-electron chi connectivity index (χ4n) is 4.99. The molecule has 4 nitrogen and oxygen atoms in total. The maximum absolute atomic E-state index is 13.6. The minimum absolute atomic E-state index is 0.0989. The maximum atomic E-state index is 13.6. The van der Waals surface area contributed by atoms with E-state index >= 15 is 0 Å². The topological polar surface area (TPSA) is 40.6 Å². The SMILES string of the molecule is CC(C)CC(=O)N1Cc2ccccc2CC1C(=O)N1CCC(Cc2ccccc2)CC1. The van der Waals surface area contributed by atoms with Gasteiger partial charge in [0.05, 0.1) is 0 Å². The summed E-state index contributed by atoms with van der Waals surface area (Å²) >= 11 is 0. The Morgan fingerprint density at radius 2 is 1.58 bits per heavy atom. The minimum Gasteiger partial charge on any atom is -0.341 e. The molecule has 2 amide bonds. The molecule has 1 atom stereocenters. The van der Waals surface area contributed by atoms with Crippen molar-refractivity contribution in [3.63, 3.8) is 0 Å². The summed E-state index contributed by atoms with van der Waals surface area (Å²) in [6, 6.07) is 18.5. The van der Waals surface area contributed by atoms with Crippen molar-refractivity contribution in [2.24, 2.45) is 11.8 Å². The number of hydrogen-bond donors (Lipinski definition) is 0. The van der Waals surface area contributed by atoms with Crippen LogP contribution in [0.25, 0.3) is 0 Å². The van der Waals surface area contributed by atoms with Crippen molar-refractivity contribution in [2.75, 3.05) is 13.1 Å². The minimum atomic E-state index is -0.369. The summed E-state index contributed by atoms with van der Waals surface area (Å²) in [5, 5.41) is 0. The zero-order chi connectivity index (χ0) is 21.8. The van der Waals surface area contributed by atoms with E-state index in [1.165, 1.54) is 16.7 Å². The Kier molecular flexibility index (Phi) is 6.74. The van der Waals surface area contributed by atoms with Crippen LogP contribution in [0.1, 0.15) is 49.8 Å². The molecule has 0 saturated carbocycles. The van der Waals surface area contributed by atoms with Crippen molar-refractivity contribution in [1.29, 1.82) is 0 Å². The molecular weight excluding hydrogens is 384 g/mol. The quantitative estimate of drug-likeness (QED) is 0.719. The van der Waals surface area contributed by atoms with Gasteiger partial charge in [0.25, 0.3) is 0 Å². The van der Waals surface area contributed by atoms with Crippen molar-refractivity contribution in [3.05, 3.63) is 71.3 Å². The zero-order valence-corrected chi connectivity index (χ0v) is 18.8. The zero-order valence-electron chi connectivity index (χ0n) is 18.8. The normalized spacial score (nSPS) is 19.4. The van der Waals surface area contributed by atoms with Gasteiger partial charge in [-0.2, -0.15) is 0 Å². The van der Waals surface area contributed by atoms with Crippen molar-refractivity contribution >= 4 is 11.8 Å². The lowest BCUT2D eigenvalue weighted by Gasteiger charge is -2.41. The van der Waals surface area contributed by atoms with Crippen LogP contribution >= 0.6 is 0 Å². The van der Waals surface area contributed by atoms with E-state index in [9.17, 15) is 9.59 Å². The smallest absolute Gasteiger partial charge is 0.245 e. The second-order valence-electron chi connectivity index (χ2n) is 9.57. The lowest BCUT2D eigenvalue weighted by Crippen LogP contribution is -2.55. The molecule has 2 aromatic rings. The monoisotopic (exact) mass is 418 g/mol. The van der Waals surface area contributed by atoms with Gasteiger partial charge in [0.1, 0.15) is 6.04 Å². The van der Waals surface area contributed by atoms with E-state index in [0.29, 0.717) is 25.3 Å². The molecule has 0 aliphatic carbocycles. The molecule has 1 fully saturated rings. The van der Waals surface area contributed by atoms with Gasteiger partial charge in [0.15, 0.2) is 0 Å².